The van der Waals surface area contributed by atoms with Crippen LogP contribution in [0.1, 0.15) is 25.6 Å². The predicted molar refractivity (Wildman–Crippen MR) is 49.3 cm³/mol. The zero-order valence-corrected chi connectivity index (χ0v) is 8.08. The molecule has 70 valence electrons. The summed E-state index contributed by atoms with van der Waals surface area (Å²) >= 11 is 0. The van der Waals surface area contributed by atoms with Gasteiger partial charge in [-0.1, -0.05) is 6.92 Å². The van der Waals surface area contributed by atoms with Crippen molar-refractivity contribution < 1.29 is 4.79 Å². The fourth-order valence-corrected chi connectivity index (χ4v) is 1.39. The molecular formula is C10H14N2O. The zero-order chi connectivity index (χ0) is 9.47. The van der Waals surface area contributed by atoms with Gasteiger partial charge in [-0.05, 0) is 12.8 Å². The molecule has 0 bridgehead atoms. The van der Waals surface area contributed by atoms with E-state index < -0.39 is 0 Å². The van der Waals surface area contributed by atoms with Crippen LogP contribution < -0.4 is 0 Å². The van der Waals surface area contributed by atoms with Crippen LogP contribution in [0.25, 0.3) is 0 Å². The first kappa shape index (κ1) is 8.48. The average Bonchev–Trinajstić information content (AvgIpc) is 2.72. The lowest BCUT2D eigenvalue weighted by Gasteiger charge is -2.06. The van der Waals surface area contributed by atoms with Crippen LogP contribution in [0.2, 0.25) is 0 Å². The summed E-state index contributed by atoms with van der Waals surface area (Å²) in [6.45, 7) is 2.04. The van der Waals surface area contributed by atoms with Crippen LogP contribution in [-0.2, 0) is 18.3 Å². The Kier molecular flexibility index (Phi) is 1.75. The topological polar surface area (TPSA) is 34.9 Å². The maximum Gasteiger partial charge on any atom is 0.146 e. The molecule has 3 nitrogen and oxygen atoms in total. The summed E-state index contributed by atoms with van der Waals surface area (Å²) in [5.41, 5.74) is -0.0219. The van der Waals surface area contributed by atoms with Gasteiger partial charge in [0.05, 0.1) is 6.42 Å². The summed E-state index contributed by atoms with van der Waals surface area (Å²) in [5.74, 6) is 1.21. The van der Waals surface area contributed by atoms with Crippen LogP contribution >= 0.6 is 0 Å². The number of aromatic nitrogens is 2. The summed E-state index contributed by atoms with van der Waals surface area (Å²) in [7, 11) is 1.92. The quantitative estimate of drug-likeness (QED) is 0.700. The van der Waals surface area contributed by atoms with E-state index in [-0.39, 0.29) is 5.41 Å². The average molecular weight is 178 g/mol. The van der Waals surface area contributed by atoms with E-state index >= 15 is 0 Å². The summed E-state index contributed by atoms with van der Waals surface area (Å²) in [6, 6.07) is 0. The van der Waals surface area contributed by atoms with Crippen molar-refractivity contribution in [3.05, 3.63) is 18.2 Å². The van der Waals surface area contributed by atoms with Gasteiger partial charge in [-0.25, -0.2) is 4.98 Å². The molecule has 0 amide bonds. The second-order valence-corrected chi connectivity index (χ2v) is 4.11. The molecule has 1 fully saturated rings. The third-order valence-electron chi connectivity index (χ3n) is 2.91. The SMILES string of the molecule is Cn1ccnc1CC(=O)C1(C)CC1. The van der Waals surface area contributed by atoms with Crippen LogP contribution in [-0.4, -0.2) is 15.3 Å². The summed E-state index contributed by atoms with van der Waals surface area (Å²) in [5, 5.41) is 0. The lowest BCUT2D eigenvalue weighted by Crippen LogP contribution is -2.16. The molecule has 0 saturated heterocycles. The van der Waals surface area contributed by atoms with E-state index in [1.165, 1.54) is 0 Å². The van der Waals surface area contributed by atoms with E-state index in [0.29, 0.717) is 12.2 Å². The van der Waals surface area contributed by atoms with Crippen LogP contribution in [0.15, 0.2) is 12.4 Å². The maximum atomic E-state index is 11.7. The smallest absolute Gasteiger partial charge is 0.146 e. The van der Waals surface area contributed by atoms with Gasteiger partial charge in [-0.3, -0.25) is 4.79 Å². The highest BCUT2D eigenvalue weighted by molar-refractivity contribution is 5.88. The second-order valence-electron chi connectivity index (χ2n) is 4.11. The number of aryl methyl sites for hydroxylation is 1. The molecule has 1 aromatic heterocycles. The molecule has 2 rings (SSSR count). The number of carbonyl (C=O) groups excluding carboxylic acids is 1. The zero-order valence-electron chi connectivity index (χ0n) is 8.08. The molecule has 1 aliphatic rings. The van der Waals surface area contributed by atoms with Gasteiger partial charge in [0.25, 0.3) is 0 Å². The summed E-state index contributed by atoms with van der Waals surface area (Å²) in [6.07, 6.45) is 6.20. The molecule has 3 heteroatoms. The Bertz CT molecular complexity index is 336. The van der Waals surface area contributed by atoms with E-state index in [4.69, 9.17) is 0 Å². The number of rotatable bonds is 3. The van der Waals surface area contributed by atoms with Crippen molar-refractivity contribution in [3.8, 4) is 0 Å². The van der Waals surface area contributed by atoms with E-state index in [9.17, 15) is 4.79 Å². The lowest BCUT2D eigenvalue weighted by molar-refractivity contribution is -0.123. The van der Waals surface area contributed by atoms with Crippen molar-refractivity contribution in [2.24, 2.45) is 12.5 Å². The Morgan fingerprint density at radius 3 is 2.85 bits per heavy atom. The van der Waals surface area contributed by atoms with Crippen LogP contribution in [0.5, 0.6) is 0 Å². The molecule has 0 spiro atoms. The molecule has 0 aromatic carbocycles. The first-order valence-corrected chi connectivity index (χ1v) is 4.61. The van der Waals surface area contributed by atoms with Gasteiger partial charge in [0.15, 0.2) is 0 Å². The highest BCUT2D eigenvalue weighted by atomic mass is 16.1. The van der Waals surface area contributed by atoms with Crippen LogP contribution in [0.3, 0.4) is 0 Å². The molecule has 0 radical (unpaired) electrons. The summed E-state index contributed by atoms with van der Waals surface area (Å²) in [4.78, 5) is 15.8. The fraction of sp³-hybridized carbons (Fsp3) is 0.600. The van der Waals surface area contributed by atoms with Gasteiger partial charge in [0.1, 0.15) is 11.6 Å². The first-order chi connectivity index (χ1) is 6.12. The molecule has 1 saturated carbocycles. The fourth-order valence-electron chi connectivity index (χ4n) is 1.39. The molecule has 0 atom stereocenters. The van der Waals surface area contributed by atoms with E-state index in [1.54, 1.807) is 6.20 Å². The van der Waals surface area contributed by atoms with Gasteiger partial charge in [0.2, 0.25) is 0 Å². The summed E-state index contributed by atoms with van der Waals surface area (Å²) < 4.78 is 1.91. The number of ketones is 1. The molecule has 0 aliphatic heterocycles. The lowest BCUT2D eigenvalue weighted by atomic mass is 10.0. The van der Waals surface area contributed by atoms with Crippen LogP contribution in [0, 0.1) is 5.41 Å². The van der Waals surface area contributed by atoms with Gasteiger partial charge in [-0.15, -0.1) is 0 Å². The molecule has 1 heterocycles. The number of Topliss-reactive ketones (excluding diaryl/α,β-unsaturated/α-hetero) is 1. The van der Waals surface area contributed by atoms with Crippen molar-refractivity contribution in [3.63, 3.8) is 0 Å². The van der Waals surface area contributed by atoms with Gasteiger partial charge in [0, 0.05) is 24.9 Å². The number of carbonyl (C=O) groups is 1. The molecule has 13 heavy (non-hydrogen) atoms. The number of nitrogens with zero attached hydrogens (tertiary/aromatic N) is 2. The minimum absolute atomic E-state index is 0.0219. The third-order valence-corrected chi connectivity index (χ3v) is 2.91. The molecular weight excluding hydrogens is 164 g/mol. The largest absolute Gasteiger partial charge is 0.338 e. The Hall–Kier alpha value is -1.12. The minimum atomic E-state index is -0.0219. The number of hydrogen-bond acceptors (Lipinski definition) is 2. The Balaban J connectivity index is 2.06. The van der Waals surface area contributed by atoms with Gasteiger partial charge in [-0.2, -0.15) is 0 Å². The molecule has 1 aliphatic carbocycles. The Labute approximate surface area is 77.8 Å². The van der Waals surface area contributed by atoms with Crippen molar-refractivity contribution in [1.29, 1.82) is 0 Å². The van der Waals surface area contributed by atoms with Crippen molar-refractivity contribution >= 4 is 5.78 Å². The predicted octanol–water partition coefficient (Wildman–Crippen LogP) is 1.33. The second kappa shape index (κ2) is 2.69. The Morgan fingerprint density at radius 1 is 1.69 bits per heavy atom. The normalized spacial score (nSPS) is 18.6. The van der Waals surface area contributed by atoms with Crippen molar-refractivity contribution in [1.82, 2.24) is 9.55 Å². The molecule has 0 unspecified atom stereocenters. The third kappa shape index (κ3) is 1.50. The molecule has 0 N–H and O–H groups in total. The number of imidazole rings is 1. The highest BCUT2D eigenvalue weighted by Crippen LogP contribution is 2.46. The van der Waals surface area contributed by atoms with Crippen LogP contribution in [0.4, 0.5) is 0 Å². The first-order valence-electron chi connectivity index (χ1n) is 4.61. The van der Waals surface area contributed by atoms with Crippen molar-refractivity contribution in [2.75, 3.05) is 0 Å². The monoisotopic (exact) mass is 178 g/mol. The van der Waals surface area contributed by atoms with E-state index in [2.05, 4.69) is 4.98 Å². The number of hydrogen-bond donors (Lipinski definition) is 0. The maximum absolute atomic E-state index is 11.7. The van der Waals surface area contributed by atoms with E-state index in [0.717, 1.165) is 18.7 Å². The van der Waals surface area contributed by atoms with E-state index in [1.807, 2.05) is 24.7 Å². The van der Waals surface area contributed by atoms with Gasteiger partial charge < -0.3 is 4.57 Å². The Morgan fingerprint density at radius 2 is 2.38 bits per heavy atom. The highest BCUT2D eigenvalue weighted by Gasteiger charge is 2.44. The molecule has 1 aromatic rings. The minimum Gasteiger partial charge on any atom is -0.338 e. The van der Waals surface area contributed by atoms with Crippen molar-refractivity contribution in [2.45, 2.75) is 26.2 Å². The standard InChI is InChI=1S/C10H14N2O/c1-10(3-4-10)8(13)7-9-11-5-6-12(9)2/h5-6H,3-4,7H2,1-2H3. The van der Waals surface area contributed by atoms with Gasteiger partial charge >= 0.3 is 0 Å².